The van der Waals surface area contributed by atoms with E-state index in [1.54, 1.807) is 31.2 Å². The fraction of sp³-hybridized carbons (Fsp3) is 0.182. The van der Waals surface area contributed by atoms with E-state index in [0.717, 1.165) is 0 Å². The molecule has 0 unspecified atom stereocenters. The zero-order chi connectivity index (χ0) is 23.8. The number of anilines is 2. The number of sulfonamides is 1. The number of rotatable bonds is 9. The molecule has 33 heavy (non-hydrogen) atoms. The maximum absolute atomic E-state index is 12.4. The van der Waals surface area contributed by atoms with Crippen LogP contribution in [-0.2, 0) is 19.6 Å². The van der Waals surface area contributed by atoms with E-state index >= 15 is 0 Å². The summed E-state index contributed by atoms with van der Waals surface area (Å²) in [6.07, 6.45) is 1.77. The number of aromatic nitrogens is 2. The molecule has 3 rings (SSSR count). The SMILES string of the molecule is CCCS(=O)(=O)Nc1cccc(C(=O)OCC(=O)Nc2c(C#N)cnn2-c2ccccc2)c1. The summed E-state index contributed by atoms with van der Waals surface area (Å²) in [6, 6.07) is 16.6. The van der Waals surface area contributed by atoms with Crippen molar-refractivity contribution in [3.05, 3.63) is 71.9 Å². The van der Waals surface area contributed by atoms with Crippen molar-refractivity contribution in [3.63, 3.8) is 0 Å². The van der Waals surface area contributed by atoms with E-state index in [9.17, 15) is 23.3 Å². The van der Waals surface area contributed by atoms with E-state index in [1.165, 1.54) is 35.1 Å². The van der Waals surface area contributed by atoms with E-state index in [-0.39, 0.29) is 28.4 Å². The van der Waals surface area contributed by atoms with Gasteiger partial charge in [0.25, 0.3) is 5.91 Å². The first-order valence-corrected chi connectivity index (χ1v) is 11.6. The summed E-state index contributed by atoms with van der Waals surface area (Å²) in [6.45, 7) is 1.12. The van der Waals surface area contributed by atoms with Crippen LogP contribution in [0.2, 0.25) is 0 Å². The van der Waals surface area contributed by atoms with Crippen LogP contribution in [0.25, 0.3) is 5.69 Å². The molecular weight excluding hydrogens is 446 g/mol. The molecule has 10 nitrogen and oxygen atoms in total. The summed E-state index contributed by atoms with van der Waals surface area (Å²) >= 11 is 0. The Morgan fingerprint density at radius 2 is 1.91 bits per heavy atom. The molecule has 1 aromatic heterocycles. The molecule has 170 valence electrons. The molecule has 0 saturated carbocycles. The number of carbonyl (C=O) groups is 2. The number of nitrogens with zero attached hydrogens (tertiary/aromatic N) is 3. The predicted octanol–water partition coefficient (Wildman–Crippen LogP) is 2.69. The summed E-state index contributed by atoms with van der Waals surface area (Å²) in [5, 5.41) is 16.0. The second-order valence-corrected chi connectivity index (χ2v) is 8.73. The van der Waals surface area contributed by atoms with Crippen LogP contribution < -0.4 is 10.0 Å². The lowest BCUT2D eigenvalue weighted by molar-refractivity contribution is -0.119. The van der Waals surface area contributed by atoms with E-state index in [2.05, 4.69) is 15.1 Å². The Balaban J connectivity index is 1.66. The van der Waals surface area contributed by atoms with Crippen LogP contribution in [0.1, 0.15) is 29.3 Å². The van der Waals surface area contributed by atoms with Gasteiger partial charge >= 0.3 is 5.97 Å². The summed E-state index contributed by atoms with van der Waals surface area (Å²) in [5.41, 5.74) is 1.07. The highest BCUT2D eigenvalue weighted by Gasteiger charge is 2.17. The van der Waals surface area contributed by atoms with Crippen LogP contribution in [0.3, 0.4) is 0 Å². The molecule has 0 atom stereocenters. The summed E-state index contributed by atoms with van der Waals surface area (Å²) in [5.74, 6) is -1.38. The number of benzene rings is 2. The third-order valence-electron chi connectivity index (χ3n) is 4.33. The molecule has 0 radical (unpaired) electrons. The van der Waals surface area contributed by atoms with Gasteiger partial charge in [-0.15, -0.1) is 0 Å². The zero-order valence-electron chi connectivity index (χ0n) is 17.7. The number of nitrogens with one attached hydrogen (secondary N) is 2. The Kier molecular flexibility index (Phi) is 7.42. The highest BCUT2D eigenvalue weighted by atomic mass is 32.2. The van der Waals surface area contributed by atoms with Crippen molar-refractivity contribution in [2.75, 3.05) is 22.4 Å². The van der Waals surface area contributed by atoms with Crippen molar-refractivity contribution in [2.24, 2.45) is 0 Å². The first-order valence-electron chi connectivity index (χ1n) is 9.94. The predicted molar refractivity (Wildman–Crippen MR) is 121 cm³/mol. The van der Waals surface area contributed by atoms with Gasteiger partial charge in [-0.3, -0.25) is 9.52 Å². The topological polar surface area (TPSA) is 143 Å². The Morgan fingerprint density at radius 3 is 2.61 bits per heavy atom. The first-order chi connectivity index (χ1) is 15.8. The Hall–Kier alpha value is -4.17. The van der Waals surface area contributed by atoms with Crippen LogP contribution in [0.4, 0.5) is 11.5 Å². The minimum absolute atomic E-state index is 0.0495. The van der Waals surface area contributed by atoms with Crippen molar-refractivity contribution >= 4 is 33.4 Å². The van der Waals surface area contributed by atoms with Crippen LogP contribution >= 0.6 is 0 Å². The molecule has 1 heterocycles. The Bertz CT molecular complexity index is 1300. The van der Waals surface area contributed by atoms with Crippen molar-refractivity contribution in [1.82, 2.24) is 9.78 Å². The van der Waals surface area contributed by atoms with Gasteiger partial charge < -0.3 is 10.1 Å². The minimum atomic E-state index is -3.52. The lowest BCUT2D eigenvalue weighted by atomic mass is 10.2. The number of nitriles is 1. The molecule has 2 N–H and O–H groups in total. The lowest BCUT2D eigenvalue weighted by Crippen LogP contribution is -2.23. The number of hydrogen-bond donors (Lipinski definition) is 2. The molecule has 0 saturated heterocycles. The molecule has 0 spiro atoms. The second-order valence-electron chi connectivity index (χ2n) is 6.89. The molecule has 2 aromatic carbocycles. The third-order valence-corrected chi connectivity index (χ3v) is 5.82. The second kappa shape index (κ2) is 10.4. The quantitative estimate of drug-likeness (QED) is 0.461. The standard InChI is InChI=1S/C22H21N5O5S/c1-2-11-33(30,31)26-18-8-6-7-16(12-18)22(29)32-15-20(28)25-21-17(13-23)14-24-27(21)19-9-4-3-5-10-19/h3-10,12,14,26H,2,11,15H2,1H3,(H,25,28). The van der Waals surface area contributed by atoms with Gasteiger partial charge in [0, 0.05) is 5.69 Å². The van der Waals surface area contributed by atoms with Gasteiger partial charge in [0.05, 0.1) is 23.2 Å². The molecular formula is C22H21N5O5S. The van der Waals surface area contributed by atoms with Crippen LogP contribution in [0.15, 0.2) is 60.8 Å². The molecule has 0 aliphatic heterocycles. The van der Waals surface area contributed by atoms with E-state index < -0.39 is 28.5 Å². The fourth-order valence-electron chi connectivity index (χ4n) is 2.91. The van der Waals surface area contributed by atoms with Gasteiger partial charge in [0.2, 0.25) is 10.0 Å². The molecule has 0 aliphatic carbocycles. The van der Waals surface area contributed by atoms with Crippen molar-refractivity contribution < 1.29 is 22.7 Å². The van der Waals surface area contributed by atoms with Crippen LogP contribution in [-0.4, -0.2) is 42.4 Å². The summed E-state index contributed by atoms with van der Waals surface area (Å²) in [7, 11) is -3.52. The van der Waals surface area contributed by atoms with Crippen LogP contribution in [0.5, 0.6) is 0 Å². The Morgan fingerprint density at radius 1 is 1.15 bits per heavy atom. The molecule has 0 bridgehead atoms. The smallest absolute Gasteiger partial charge is 0.338 e. The number of carbonyl (C=O) groups excluding carboxylic acids is 2. The minimum Gasteiger partial charge on any atom is -0.452 e. The maximum atomic E-state index is 12.4. The number of ether oxygens (including phenoxy) is 1. The fourth-order valence-corrected chi connectivity index (χ4v) is 4.03. The molecule has 0 aliphatic rings. The van der Waals surface area contributed by atoms with Crippen molar-refractivity contribution in [3.8, 4) is 11.8 Å². The number of esters is 1. The van der Waals surface area contributed by atoms with E-state index in [0.29, 0.717) is 12.1 Å². The van der Waals surface area contributed by atoms with Gasteiger partial charge in [0.1, 0.15) is 11.6 Å². The Labute approximate surface area is 190 Å². The molecule has 0 fully saturated rings. The lowest BCUT2D eigenvalue weighted by Gasteiger charge is -2.11. The van der Waals surface area contributed by atoms with Crippen molar-refractivity contribution in [2.45, 2.75) is 13.3 Å². The van der Waals surface area contributed by atoms with Gasteiger partial charge in [-0.25, -0.2) is 17.9 Å². The van der Waals surface area contributed by atoms with Gasteiger partial charge in [-0.1, -0.05) is 31.2 Å². The first kappa shape index (κ1) is 23.5. The molecule has 1 amide bonds. The van der Waals surface area contributed by atoms with Gasteiger partial charge in [-0.2, -0.15) is 10.4 Å². The van der Waals surface area contributed by atoms with E-state index in [4.69, 9.17) is 4.74 Å². The number of amides is 1. The highest BCUT2D eigenvalue weighted by Crippen LogP contribution is 2.19. The molecule has 3 aromatic rings. The molecule has 11 heteroatoms. The largest absolute Gasteiger partial charge is 0.452 e. The summed E-state index contributed by atoms with van der Waals surface area (Å²) in [4.78, 5) is 24.8. The highest BCUT2D eigenvalue weighted by molar-refractivity contribution is 7.92. The maximum Gasteiger partial charge on any atom is 0.338 e. The van der Waals surface area contributed by atoms with E-state index in [1.807, 2.05) is 12.1 Å². The zero-order valence-corrected chi connectivity index (χ0v) is 18.5. The average Bonchev–Trinajstić information content (AvgIpc) is 3.20. The monoisotopic (exact) mass is 467 g/mol. The van der Waals surface area contributed by atoms with Crippen LogP contribution in [0, 0.1) is 11.3 Å². The third kappa shape index (κ3) is 6.18. The van der Waals surface area contributed by atoms with Gasteiger partial charge in [-0.05, 0) is 36.8 Å². The number of para-hydroxylation sites is 1. The normalized spacial score (nSPS) is 10.8. The average molecular weight is 468 g/mol. The summed E-state index contributed by atoms with van der Waals surface area (Å²) < 4.78 is 32.7. The van der Waals surface area contributed by atoms with Gasteiger partial charge in [0.15, 0.2) is 12.4 Å². The number of hydrogen-bond acceptors (Lipinski definition) is 7. The van der Waals surface area contributed by atoms with Crippen molar-refractivity contribution in [1.29, 1.82) is 5.26 Å².